The van der Waals surface area contributed by atoms with Crippen molar-refractivity contribution in [3.8, 4) is 0 Å². The maximum atomic E-state index is 12.0. The summed E-state index contributed by atoms with van der Waals surface area (Å²) in [5.41, 5.74) is 3.06. The first-order valence-corrected chi connectivity index (χ1v) is 8.22. The van der Waals surface area contributed by atoms with Gasteiger partial charge in [0.1, 0.15) is 5.82 Å². The third-order valence-corrected chi connectivity index (χ3v) is 4.09. The van der Waals surface area contributed by atoms with E-state index < -0.39 is 0 Å². The molecule has 1 aliphatic carbocycles. The molecule has 2 aromatic rings. The van der Waals surface area contributed by atoms with Crippen LogP contribution in [0.15, 0.2) is 18.2 Å². The van der Waals surface area contributed by atoms with Crippen molar-refractivity contribution in [2.75, 3.05) is 11.9 Å². The molecule has 0 saturated heterocycles. The van der Waals surface area contributed by atoms with Crippen LogP contribution in [0.4, 0.5) is 10.5 Å². The predicted octanol–water partition coefficient (Wildman–Crippen LogP) is 3.26. The van der Waals surface area contributed by atoms with Gasteiger partial charge in [0.05, 0.1) is 0 Å². The summed E-state index contributed by atoms with van der Waals surface area (Å²) in [5, 5.41) is 12.8. The maximum absolute atomic E-state index is 12.0. The number of benzene rings is 1. The Labute approximate surface area is 140 Å². The Morgan fingerprint density at radius 1 is 1.35 bits per heavy atom. The number of amides is 2. The van der Waals surface area contributed by atoms with E-state index in [0.29, 0.717) is 23.8 Å². The first-order chi connectivity index (χ1) is 11.0. The molecule has 1 heterocycles. The molecule has 1 saturated carbocycles. The molecule has 0 radical (unpaired) electrons. The summed E-state index contributed by atoms with van der Waals surface area (Å²) in [6.07, 6.45) is 2.97. The van der Waals surface area contributed by atoms with Crippen LogP contribution >= 0.6 is 12.2 Å². The zero-order valence-electron chi connectivity index (χ0n) is 13.3. The number of aromatic nitrogens is 3. The molecular formula is C16H21N5OS. The highest BCUT2D eigenvalue weighted by Crippen LogP contribution is 2.35. The zero-order chi connectivity index (χ0) is 16.4. The van der Waals surface area contributed by atoms with Gasteiger partial charge in [-0.05, 0) is 62.2 Å². The summed E-state index contributed by atoms with van der Waals surface area (Å²) in [6, 6.07) is 6.25. The summed E-state index contributed by atoms with van der Waals surface area (Å²) in [6.45, 7) is 4.54. The number of urea groups is 1. The Morgan fingerprint density at radius 3 is 2.70 bits per heavy atom. The molecule has 1 aromatic heterocycles. The highest BCUT2D eigenvalue weighted by molar-refractivity contribution is 7.71. The van der Waals surface area contributed by atoms with Crippen molar-refractivity contribution in [1.29, 1.82) is 0 Å². The summed E-state index contributed by atoms with van der Waals surface area (Å²) < 4.78 is 2.74. The lowest BCUT2D eigenvalue weighted by atomic mass is 10.1. The number of carbonyl (C=O) groups excluding carboxylic acids is 1. The van der Waals surface area contributed by atoms with Gasteiger partial charge < -0.3 is 15.2 Å². The lowest BCUT2D eigenvalue weighted by Crippen LogP contribution is -2.31. The summed E-state index contributed by atoms with van der Waals surface area (Å²) >= 11 is 5.25. The van der Waals surface area contributed by atoms with E-state index in [0.717, 1.165) is 35.5 Å². The quantitative estimate of drug-likeness (QED) is 0.736. The van der Waals surface area contributed by atoms with E-state index in [9.17, 15) is 4.79 Å². The fourth-order valence-corrected chi connectivity index (χ4v) is 3.03. The molecule has 2 amide bonds. The van der Waals surface area contributed by atoms with E-state index in [4.69, 9.17) is 12.2 Å². The van der Waals surface area contributed by atoms with E-state index in [1.165, 1.54) is 0 Å². The first kappa shape index (κ1) is 15.7. The van der Waals surface area contributed by atoms with Gasteiger partial charge in [0.15, 0.2) is 4.77 Å². The van der Waals surface area contributed by atoms with Crippen molar-refractivity contribution in [2.24, 2.45) is 0 Å². The number of nitrogens with zero attached hydrogens (tertiary/aromatic N) is 2. The van der Waals surface area contributed by atoms with Gasteiger partial charge >= 0.3 is 6.03 Å². The topological polar surface area (TPSA) is 74.7 Å². The van der Waals surface area contributed by atoms with Crippen LogP contribution in [0.3, 0.4) is 0 Å². The van der Waals surface area contributed by atoms with Gasteiger partial charge in [-0.3, -0.25) is 5.10 Å². The largest absolute Gasteiger partial charge is 0.337 e. The van der Waals surface area contributed by atoms with E-state index in [1.807, 2.05) is 26.0 Å². The molecule has 7 heteroatoms. The van der Waals surface area contributed by atoms with Crippen LogP contribution in [-0.4, -0.2) is 27.3 Å². The smallest absolute Gasteiger partial charge is 0.319 e. The minimum atomic E-state index is -0.206. The van der Waals surface area contributed by atoms with Crippen molar-refractivity contribution in [3.05, 3.63) is 39.9 Å². The monoisotopic (exact) mass is 331 g/mol. The number of hydrogen-bond donors (Lipinski definition) is 3. The number of rotatable bonds is 5. The molecule has 23 heavy (non-hydrogen) atoms. The number of carbonyl (C=O) groups is 1. The number of anilines is 1. The van der Waals surface area contributed by atoms with Gasteiger partial charge in [-0.25, -0.2) is 4.79 Å². The number of hydrogen-bond acceptors (Lipinski definition) is 3. The van der Waals surface area contributed by atoms with Crippen LogP contribution in [0.5, 0.6) is 0 Å². The van der Waals surface area contributed by atoms with E-state index in [-0.39, 0.29) is 6.03 Å². The molecule has 0 unspecified atom stereocenters. The number of aromatic amines is 1. The van der Waals surface area contributed by atoms with Crippen molar-refractivity contribution >= 4 is 23.9 Å². The average molecular weight is 331 g/mol. The summed E-state index contributed by atoms with van der Waals surface area (Å²) in [5.74, 6) is 0.907. The number of nitrogens with one attached hydrogen (secondary N) is 3. The first-order valence-electron chi connectivity index (χ1n) is 7.82. The van der Waals surface area contributed by atoms with Gasteiger partial charge in [0.2, 0.25) is 0 Å². The number of H-pyrrole nitrogens is 1. The van der Waals surface area contributed by atoms with Crippen LogP contribution in [-0.2, 0) is 6.42 Å². The molecule has 0 spiro atoms. The van der Waals surface area contributed by atoms with E-state index in [2.05, 4.69) is 31.5 Å². The second-order valence-corrected chi connectivity index (χ2v) is 6.44. The van der Waals surface area contributed by atoms with E-state index in [1.54, 1.807) is 0 Å². The Balaban J connectivity index is 1.52. The van der Waals surface area contributed by atoms with E-state index >= 15 is 0 Å². The molecule has 0 aliphatic heterocycles. The van der Waals surface area contributed by atoms with Crippen molar-refractivity contribution in [3.63, 3.8) is 0 Å². The second-order valence-electron chi connectivity index (χ2n) is 6.05. The van der Waals surface area contributed by atoms with Crippen LogP contribution in [0, 0.1) is 18.6 Å². The fraction of sp³-hybridized carbons (Fsp3) is 0.438. The third-order valence-electron chi connectivity index (χ3n) is 3.80. The Morgan fingerprint density at radius 2 is 2.04 bits per heavy atom. The SMILES string of the molecule is Cc1cc(C)cc(NC(=O)NCCc2n[nH]c(=S)n2C2CC2)c1. The molecule has 122 valence electrons. The van der Waals surface area contributed by atoms with Gasteiger partial charge in [0, 0.05) is 24.7 Å². The van der Waals surface area contributed by atoms with Crippen LogP contribution < -0.4 is 10.6 Å². The average Bonchev–Trinajstić information content (AvgIpc) is 3.22. The van der Waals surface area contributed by atoms with Crippen LogP contribution in [0.25, 0.3) is 0 Å². The molecule has 1 aromatic carbocycles. The fourth-order valence-electron chi connectivity index (χ4n) is 2.73. The minimum absolute atomic E-state index is 0.206. The lowest BCUT2D eigenvalue weighted by molar-refractivity contribution is 0.252. The molecule has 3 rings (SSSR count). The highest BCUT2D eigenvalue weighted by atomic mass is 32.1. The van der Waals surface area contributed by atoms with Crippen molar-refractivity contribution in [2.45, 2.75) is 39.2 Å². The molecule has 0 atom stereocenters. The lowest BCUT2D eigenvalue weighted by Gasteiger charge is -2.09. The van der Waals surface area contributed by atoms with Gasteiger partial charge in [0.25, 0.3) is 0 Å². The normalized spacial score (nSPS) is 13.8. The maximum Gasteiger partial charge on any atom is 0.319 e. The number of aryl methyl sites for hydroxylation is 2. The van der Waals surface area contributed by atoms with Gasteiger partial charge in [-0.2, -0.15) is 5.10 Å². The second kappa shape index (κ2) is 6.54. The molecule has 0 bridgehead atoms. The Kier molecular flexibility index (Phi) is 4.47. The van der Waals surface area contributed by atoms with Crippen molar-refractivity contribution < 1.29 is 4.79 Å². The third kappa shape index (κ3) is 3.98. The molecule has 6 nitrogen and oxygen atoms in total. The molecule has 3 N–H and O–H groups in total. The Hall–Kier alpha value is -2.15. The molecule has 1 aliphatic rings. The molecule has 1 fully saturated rings. The van der Waals surface area contributed by atoms with Gasteiger partial charge in [-0.15, -0.1) is 0 Å². The predicted molar refractivity (Wildman–Crippen MR) is 92.3 cm³/mol. The zero-order valence-corrected chi connectivity index (χ0v) is 14.2. The van der Waals surface area contributed by atoms with Crippen LogP contribution in [0.2, 0.25) is 0 Å². The van der Waals surface area contributed by atoms with Crippen LogP contribution in [0.1, 0.15) is 35.8 Å². The van der Waals surface area contributed by atoms with Crippen molar-refractivity contribution in [1.82, 2.24) is 20.1 Å². The summed E-state index contributed by atoms with van der Waals surface area (Å²) in [4.78, 5) is 12.0. The highest BCUT2D eigenvalue weighted by Gasteiger charge is 2.26. The summed E-state index contributed by atoms with van der Waals surface area (Å²) in [7, 11) is 0. The standard InChI is InChI=1S/C16H21N5OS/c1-10-7-11(2)9-12(8-10)18-15(22)17-6-5-14-19-20-16(23)21(14)13-3-4-13/h7-9,13H,3-6H2,1-2H3,(H,20,23)(H2,17,18,22). The minimum Gasteiger partial charge on any atom is -0.337 e. The molecular weight excluding hydrogens is 310 g/mol. The Bertz CT molecular complexity index is 755. The van der Waals surface area contributed by atoms with Gasteiger partial charge in [-0.1, -0.05) is 6.07 Å².